The zero-order valence-corrected chi connectivity index (χ0v) is 8.62. The van der Waals surface area contributed by atoms with Crippen LogP contribution in [0.2, 0.25) is 0 Å². The Balaban J connectivity index is 2.37. The van der Waals surface area contributed by atoms with Crippen LogP contribution in [0.4, 0.5) is 0 Å². The monoisotopic (exact) mass is 181 g/mol. The van der Waals surface area contributed by atoms with Gasteiger partial charge in [-0.3, -0.25) is 9.69 Å². The minimum atomic E-state index is 0.291. The van der Waals surface area contributed by atoms with E-state index < -0.39 is 0 Å². The Morgan fingerprint density at radius 1 is 1.62 bits per heavy atom. The lowest BCUT2D eigenvalue weighted by atomic mass is 9.95. The van der Waals surface area contributed by atoms with Gasteiger partial charge in [-0.1, -0.05) is 12.2 Å². The van der Waals surface area contributed by atoms with Gasteiger partial charge in [-0.05, 0) is 33.2 Å². The summed E-state index contributed by atoms with van der Waals surface area (Å²) >= 11 is 0. The van der Waals surface area contributed by atoms with Crippen molar-refractivity contribution < 1.29 is 4.79 Å². The average Bonchev–Trinajstić information content (AvgIpc) is 2.15. The molecule has 1 saturated heterocycles. The van der Waals surface area contributed by atoms with E-state index in [-0.39, 0.29) is 0 Å². The van der Waals surface area contributed by atoms with Crippen molar-refractivity contribution in [2.75, 3.05) is 19.6 Å². The van der Waals surface area contributed by atoms with E-state index in [9.17, 15) is 4.79 Å². The maximum Gasteiger partial charge on any atom is 0.134 e. The Labute approximate surface area is 80.6 Å². The van der Waals surface area contributed by atoms with Gasteiger partial charge in [0.05, 0.1) is 0 Å². The smallest absolute Gasteiger partial charge is 0.134 e. The molecule has 1 heterocycles. The molecule has 0 amide bonds. The summed E-state index contributed by atoms with van der Waals surface area (Å²) in [4.78, 5) is 13.5. The molecule has 1 rings (SSSR count). The van der Waals surface area contributed by atoms with Gasteiger partial charge in [0.15, 0.2) is 0 Å². The maximum atomic E-state index is 11.2. The van der Waals surface area contributed by atoms with Crippen molar-refractivity contribution in [1.29, 1.82) is 0 Å². The van der Waals surface area contributed by atoms with E-state index >= 15 is 0 Å². The van der Waals surface area contributed by atoms with Crippen molar-refractivity contribution in [2.24, 2.45) is 5.92 Å². The van der Waals surface area contributed by atoms with Crippen LogP contribution in [0.5, 0.6) is 0 Å². The number of ketones is 1. The number of hydrogen-bond acceptors (Lipinski definition) is 2. The van der Waals surface area contributed by atoms with Gasteiger partial charge in [0.2, 0.25) is 0 Å². The van der Waals surface area contributed by atoms with E-state index in [1.54, 1.807) is 6.92 Å². The number of Topliss-reactive ketones (excluding diaryl/α,β-unsaturated/α-hetero) is 1. The number of carbonyl (C=O) groups excluding carboxylic acids is 1. The summed E-state index contributed by atoms with van der Waals surface area (Å²) in [5.41, 5.74) is 0. The second kappa shape index (κ2) is 5.18. The molecule has 0 aromatic carbocycles. The lowest BCUT2D eigenvalue weighted by molar-refractivity contribution is -0.122. The van der Waals surface area contributed by atoms with Crippen LogP contribution >= 0.6 is 0 Å². The highest BCUT2D eigenvalue weighted by atomic mass is 16.1. The Bertz CT molecular complexity index is 198. The summed E-state index contributed by atoms with van der Waals surface area (Å²) in [5, 5.41) is 0. The Kier molecular flexibility index (Phi) is 4.16. The summed E-state index contributed by atoms with van der Waals surface area (Å²) in [5.74, 6) is 0.643. The van der Waals surface area contributed by atoms with E-state index in [0.29, 0.717) is 11.7 Å². The highest BCUT2D eigenvalue weighted by Gasteiger charge is 2.21. The first kappa shape index (κ1) is 10.5. The second-order valence-corrected chi connectivity index (χ2v) is 3.78. The molecule has 0 N–H and O–H groups in total. The van der Waals surface area contributed by atoms with Gasteiger partial charge in [-0.25, -0.2) is 0 Å². The first-order valence-corrected chi connectivity index (χ1v) is 5.08. The van der Waals surface area contributed by atoms with Crippen molar-refractivity contribution in [3.05, 3.63) is 12.2 Å². The van der Waals surface area contributed by atoms with Crippen LogP contribution in [0.1, 0.15) is 26.7 Å². The van der Waals surface area contributed by atoms with Crippen molar-refractivity contribution in [3.63, 3.8) is 0 Å². The first-order chi connectivity index (χ1) is 6.24. The van der Waals surface area contributed by atoms with Crippen molar-refractivity contribution in [1.82, 2.24) is 4.90 Å². The molecule has 0 aromatic rings. The molecule has 74 valence electrons. The van der Waals surface area contributed by atoms with Crippen molar-refractivity contribution in [3.8, 4) is 0 Å². The summed E-state index contributed by atoms with van der Waals surface area (Å²) in [7, 11) is 0. The lowest BCUT2D eigenvalue weighted by Gasteiger charge is -2.30. The molecule has 1 aliphatic rings. The first-order valence-electron chi connectivity index (χ1n) is 5.08. The largest absolute Gasteiger partial charge is 0.300 e. The zero-order chi connectivity index (χ0) is 9.68. The Morgan fingerprint density at radius 3 is 3.00 bits per heavy atom. The van der Waals surface area contributed by atoms with Gasteiger partial charge in [-0.2, -0.15) is 0 Å². The van der Waals surface area contributed by atoms with Crippen LogP contribution in [-0.2, 0) is 4.79 Å². The van der Waals surface area contributed by atoms with Crippen LogP contribution < -0.4 is 0 Å². The molecule has 0 saturated carbocycles. The number of rotatable bonds is 3. The molecule has 0 aliphatic carbocycles. The van der Waals surface area contributed by atoms with Crippen LogP contribution in [-0.4, -0.2) is 30.3 Å². The van der Waals surface area contributed by atoms with E-state index in [1.165, 1.54) is 6.42 Å². The average molecular weight is 181 g/mol. The summed E-state index contributed by atoms with van der Waals surface area (Å²) in [6.07, 6.45) is 6.48. The molecule has 1 fully saturated rings. The van der Waals surface area contributed by atoms with E-state index in [2.05, 4.69) is 17.1 Å². The van der Waals surface area contributed by atoms with Crippen molar-refractivity contribution in [2.45, 2.75) is 26.7 Å². The van der Waals surface area contributed by atoms with E-state index in [1.807, 2.05) is 6.92 Å². The number of allylic oxidation sites excluding steroid dienone is 1. The molecule has 13 heavy (non-hydrogen) atoms. The topological polar surface area (TPSA) is 20.3 Å². The van der Waals surface area contributed by atoms with Gasteiger partial charge in [0.25, 0.3) is 0 Å². The maximum absolute atomic E-state index is 11.2. The zero-order valence-electron chi connectivity index (χ0n) is 8.62. The third-order valence-corrected chi connectivity index (χ3v) is 2.68. The predicted molar refractivity (Wildman–Crippen MR) is 54.7 cm³/mol. The van der Waals surface area contributed by atoms with Gasteiger partial charge in [-0.15, -0.1) is 0 Å². The summed E-state index contributed by atoms with van der Waals surface area (Å²) in [6, 6.07) is 0. The van der Waals surface area contributed by atoms with E-state index in [4.69, 9.17) is 0 Å². The van der Waals surface area contributed by atoms with Gasteiger partial charge >= 0.3 is 0 Å². The molecule has 0 radical (unpaired) electrons. The molecule has 0 aromatic heterocycles. The summed E-state index contributed by atoms with van der Waals surface area (Å²) < 4.78 is 0. The fraction of sp³-hybridized carbons (Fsp3) is 0.727. The van der Waals surface area contributed by atoms with Crippen LogP contribution in [0.25, 0.3) is 0 Å². The normalized spacial score (nSPS) is 25.2. The highest BCUT2D eigenvalue weighted by Crippen LogP contribution is 2.16. The van der Waals surface area contributed by atoms with Gasteiger partial charge < -0.3 is 0 Å². The standard InChI is InChI=1S/C11H19NO/c1-3-4-7-12-8-5-6-11(9-12)10(2)13/h3-4,11H,5-9H2,1-2H3/b4-3+. The Hall–Kier alpha value is -0.630. The quantitative estimate of drug-likeness (QED) is 0.619. The van der Waals surface area contributed by atoms with Crippen molar-refractivity contribution >= 4 is 5.78 Å². The van der Waals surface area contributed by atoms with E-state index in [0.717, 1.165) is 26.1 Å². The molecule has 0 spiro atoms. The summed E-state index contributed by atoms with van der Waals surface area (Å²) in [6.45, 7) is 6.85. The third kappa shape index (κ3) is 3.31. The SMILES string of the molecule is C/C=C/CN1CCCC(C(C)=O)C1. The lowest BCUT2D eigenvalue weighted by Crippen LogP contribution is -2.38. The molecular weight excluding hydrogens is 162 g/mol. The molecule has 2 nitrogen and oxygen atoms in total. The number of piperidine rings is 1. The number of hydrogen-bond donors (Lipinski definition) is 0. The molecule has 1 atom stereocenters. The van der Waals surface area contributed by atoms with Gasteiger partial charge in [0.1, 0.15) is 5.78 Å². The number of carbonyl (C=O) groups is 1. The van der Waals surface area contributed by atoms with Crippen LogP contribution in [0.15, 0.2) is 12.2 Å². The molecule has 0 bridgehead atoms. The molecule has 1 aliphatic heterocycles. The minimum absolute atomic E-state index is 0.291. The molecule has 2 heteroatoms. The Morgan fingerprint density at radius 2 is 2.38 bits per heavy atom. The number of nitrogens with zero attached hydrogens (tertiary/aromatic N) is 1. The minimum Gasteiger partial charge on any atom is -0.300 e. The third-order valence-electron chi connectivity index (χ3n) is 2.68. The van der Waals surface area contributed by atoms with Gasteiger partial charge in [0, 0.05) is 19.0 Å². The highest BCUT2D eigenvalue weighted by molar-refractivity contribution is 5.78. The second-order valence-electron chi connectivity index (χ2n) is 3.78. The fourth-order valence-corrected chi connectivity index (χ4v) is 1.81. The van der Waals surface area contributed by atoms with Crippen LogP contribution in [0.3, 0.4) is 0 Å². The number of likely N-dealkylation sites (tertiary alicyclic amines) is 1. The molecular formula is C11H19NO. The predicted octanol–water partition coefficient (Wildman–Crippen LogP) is 1.86. The molecule has 1 unspecified atom stereocenters. The van der Waals surface area contributed by atoms with Crippen LogP contribution in [0, 0.1) is 5.92 Å². The fourth-order valence-electron chi connectivity index (χ4n) is 1.81.